The summed E-state index contributed by atoms with van der Waals surface area (Å²) in [7, 11) is 0. The largest absolute Gasteiger partial charge is 0.310 e. The molecular weight excluding hydrogens is 771 g/mol. The third-order valence-electron chi connectivity index (χ3n) is 14.2. The average molecular weight is 818 g/mol. The molecule has 1 unspecified atom stereocenters. The zero-order valence-electron chi connectivity index (χ0n) is 36.4. The summed E-state index contributed by atoms with van der Waals surface area (Å²) in [6.45, 7) is 6.92. The molecule has 10 aromatic carbocycles. The zero-order chi connectivity index (χ0) is 43.0. The van der Waals surface area contributed by atoms with Gasteiger partial charge in [0, 0.05) is 22.5 Å². The summed E-state index contributed by atoms with van der Waals surface area (Å²) in [5, 5.41) is 2.51. The van der Waals surface area contributed by atoms with Crippen LogP contribution in [0, 0.1) is 6.92 Å². The summed E-state index contributed by atoms with van der Waals surface area (Å²) >= 11 is 0. The third-order valence-corrected chi connectivity index (χ3v) is 14.2. The monoisotopic (exact) mass is 817 g/mol. The van der Waals surface area contributed by atoms with Crippen molar-refractivity contribution in [2.75, 3.05) is 4.90 Å². The van der Waals surface area contributed by atoms with E-state index in [4.69, 9.17) is 0 Å². The van der Waals surface area contributed by atoms with E-state index < -0.39 is 5.41 Å². The maximum Gasteiger partial charge on any atom is 0.0714 e. The van der Waals surface area contributed by atoms with Crippen LogP contribution in [0.1, 0.15) is 52.8 Å². The van der Waals surface area contributed by atoms with Crippen molar-refractivity contribution < 1.29 is 0 Å². The van der Waals surface area contributed by atoms with Gasteiger partial charge in [-0.1, -0.05) is 207 Å². The lowest BCUT2D eigenvalue weighted by atomic mass is 9.67. The molecule has 1 heteroatoms. The Labute approximate surface area is 376 Å². The SMILES string of the molecule is Cc1ccc(C2(c3ccccc3)c3cc(-c4cccc5ccccc45)ccc3-c3ccc(N(c4ccc(-c5ccccc5)cc4)c4ccc5c(c4)C(C)(C)c4ccccc4-5)cc32)cc1. The molecule has 304 valence electrons. The highest BCUT2D eigenvalue weighted by molar-refractivity contribution is 5.99. The van der Waals surface area contributed by atoms with Gasteiger partial charge in [-0.2, -0.15) is 0 Å². The summed E-state index contributed by atoms with van der Waals surface area (Å²) in [5.74, 6) is 0. The van der Waals surface area contributed by atoms with E-state index >= 15 is 0 Å². The van der Waals surface area contributed by atoms with Crippen LogP contribution in [-0.4, -0.2) is 0 Å². The second kappa shape index (κ2) is 14.7. The Morgan fingerprint density at radius 3 is 1.58 bits per heavy atom. The second-order valence-electron chi connectivity index (χ2n) is 18.1. The molecule has 0 saturated heterocycles. The number of hydrogen-bond donors (Lipinski definition) is 0. The molecule has 0 radical (unpaired) electrons. The summed E-state index contributed by atoms with van der Waals surface area (Å²) in [4.78, 5) is 2.48. The number of hydrogen-bond acceptors (Lipinski definition) is 1. The van der Waals surface area contributed by atoms with E-state index in [0.29, 0.717) is 0 Å². The minimum absolute atomic E-state index is 0.139. The van der Waals surface area contributed by atoms with Gasteiger partial charge in [0.15, 0.2) is 0 Å². The molecule has 0 fully saturated rings. The molecule has 0 bridgehead atoms. The van der Waals surface area contributed by atoms with Gasteiger partial charge in [0.1, 0.15) is 0 Å². The van der Waals surface area contributed by atoms with Crippen LogP contribution in [0.25, 0.3) is 55.3 Å². The van der Waals surface area contributed by atoms with Crippen molar-refractivity contribution in [3.8, 4) is 44.5 Å². The fourth-order valence-electron chi connectivity index (χ4n) is 11.1. The highest BCUT2D eigenvalue weighted by atomic mass is 15.1. The molecule has 64 heavy (non-hydrogen) atoms. The molecule has 2 aliphatic rings. The van der Waals surface area contributed by atoms with Crippen molar-refractivity contribution >= 4 is 27.8 Å². The highest BCUT2D eigenvalue weighted by Gasteiger charge is 2.47. The van der Waals surface area contributed by atoms with Crippen molar-refractivity contribution in [3.05, 3.63) is 269 Å². The van der Waals surface area contributed by atoms with Gasteiger partial charge in [-0.25, -0.2) is 0 Å². The summed E-state index contributed by atoms with van der Waals surface area (Å²) < 4.78 is 0. The van der Waals surface area contributed by atoms with Crippen molar-refractivity contribution in [2.45, 2.75) is 31.6 Å². The summed E-state index contributed by atoms with van der Waals surface area (Å²) in [6, 6.07) is 86.2. The lowest BCUT2D eigenvalue weighted by Gasteiger charge is -2.35. The summed E-state index contributed by atoms with van der Waals surface area (Å²) in [5.41, 5.74) is 21.8. The molecule has 0 aromatic heterocycles. The number of rotatable bonds is 7. The quantitative estimate of drug-likeness (QED) is 0.155. The number of anilines is 3. The van der Waals surface area contributed by atoms with Crippen LogP contribution in [-0.2, 0) is 10.8 Å². The lowest BCUT2D eigenvalue weighted by molar-refractivity contribution is 0.660. The van der Waals surface area contributed by atoms with Gasteiger partial charge in [0.25, 0.3) is 0 Å². The Kier molecular flexibility index (Phi) is 8.71. The topological polar surface area (TPSA) is 3.24 Å². The molecule has 0 saturated carbocycles. The highest BCUT2D eigenvalue weighted by Crippen LogP contribution is 2.58. The Morgan fingerprint density at radius 1 is 0.328 bits per heavy atom. The van der Waals surface area contributed by atoms with Gasteiger partial charge in [0.2, 0.25) is 0 Å². The number of nitrogens with zero attached hydrogens (tertiary/aromatic N) is 1. The van der Waals surface area contributed by atoms with Crippen molar-refractivity contribution in [2.24, 2.45) is 0 Å². The van der Waals surface area contributed by atoms with Crippen molar-refractivity contribution in [1.82, 2.24) is 0 Å². The third kappa shape index (κ3) is 5.77. The van der Waals surface area contributed by atoms with Crippen LogP contribution in [0.4, 0.5) is 17.1 Å². The van der Waals surface area contributed by atoms with Crippen LogP contribution >= 0.6 is 0 Å². The minimum atomic E-state index is -0.597. The van der Waals surface area contributed by atoms with Crippen LogP contribution in [0.15, 0.2) is 231 Å². The first-order chi connectivity index (χ1) is 31.4. The van der Waals surface area contributed by atoms with E-state index in [0.717, 1.165) is 17.1 Å². The molecule has 0 aliphatic heterocycles. The molecule has 0 heterocycles. The van der Waals surface area contributed by atoms with E-state index in [1.165, 1.54) is 94.2 Å². The first-order valence-electron chi connectivity index (χ1n) is 22.5. The second-order valence-corrected chi connectivity index (χ2v) is 18.1. The normalized spacial score (nSPS) is 15.3. The lowest BCUT2D eigenvalue weighted by Crippen LogP contribution is -2.29. The summed E-state index contributed by atoms with van der Waals surface area (Å²) in [6.07, 6.45) is 0. The van der Waals surface area contributed by atoms with Crippen molar-refractivity contribution in [1.29, 1.82) is 0 Å². The van der Waals surface area contributed by atoms with Gasteiger partial charge in [-0.3, -0.25) is 0 Å². The van der Waals surface area contributed by atoms with Crippen LogP contribution < -0.4 is 4.90 Å². The molecule has 0 N–H and O–H groups in total. The fourth-order valence-corrected chi connectivity index (χ4v) is 11.1. The molecule has 0 amide bonds. The van der Waals surface area contributed by atoms with Crippen molar-refractivity contribution in [3.63, 3.8) is 0 Å². The van der Waals surface area contributed by atoms with Gasteiger partial charge in [-0.05, 0) is 138 Å². The molecule has 2 aliphatic carbocycles. The maximum atomic E-state index is 2.50. The Morgan fingerprint density at radius 2 is 0.828 bits per heavy atom. The van der Waals surface area contributed by atoms with Crippen LogP contribution in [0.5, 0.6) is 0 Å². The zero-order valence-corrected chi connectivity index (χ0v) is 36.4. The Hall–Kier alpha value is -7.74. The molecular formula is C63H47N. The molecule has 1 nitrogen and oxygen atoms in total. The number of benzene rings is 10. The first kappa shape index (κ1) is 38.0. The predicted molar refractivity (Wildman–Crippen MR) is 269 cm³/mol. The first-order valence-corrected chi connectivity index (χ1v) is 22.5. The average Bonchev–Trinajstić information content (AvgIpc) is 3.77. The molecule has 0 spiro atoms. The van der Waals surface area contributed by atoms with Crippen LogP contribution in [0.3, 0.4) is 0 Å². The van der Waals surface area contributed by atoms with E-state index in [1.54, 1.807) is 0 Å². The smallest absolute Gasteiger partial charge is 0.0714 e. The van der Waals surface area contributed by atoms with Gasteiger partial charge < -0.3 is 4.90 Å². The Balaban J connectivity index is 1.11. The predicted octanol–water partition coefficient (Wildman–Crippen LogP) is 16.6. The van der Waals surface area contributed by atoms with Gasteiger partial charge in [0.05, 0.1) is 5.41 Å². The minimum Gasteiger partial charge on any atom is -0.310 e. The molecule has 10 aromatic rings. The van der Waals surface area contributed by atoms with Gasteiger partial charge >= 0.3 is 0 Å². The fraction of sp³-hybridized carbons (Fsp3) is 0.0794. The molecule has 12 rings (SSSR count). The number of aryl methyl sites for hydroxylation is 1. The van der Waals surface area contributed by atoms with E-state index in [2.05, 4.69) is 256 Å². The standard InChI is InChI=1S/C63H47N/c1-42-25-30-48(31-26-42)63(47-19-8-5-9-20-47)60-39-46(53-23-14-18-45-17-10-11-21-52(45)53)29-36-56(60)57-38-35-51(41-61(57)63)64(49-32-27-44(28-33-49)43-15-6-4-7-16-43)50-34-37-55-54-22-12-13-24-58(54)62(2,3)59(55)40-50/h4-41H,1-3H3. The number of fused-ring (bicyclic) bond motifs is 7. The molecule has 1 atom stereocenters. The van der Waals surface area contributed by atoms with Gasteiger partial charge in [-0.15, -0.1) is 0 Å². The Bertz CT molecular complexity index is 3390. The van der Waals surface area contributed by atoms with E-state index in [1.807, 2.05) is 0 Å². The van der Waals surface area contributed by atoms with E-state index in [-0.39, 0.29) is 5.41 Å². The van der Waals surface area contributed by atoms with E-state index in [9.17, 15) is 0 Å². The maximum absolute atomic E-state index is 2.50. The van der Waals surface area contributed by atoms with Crippen LogP contribution in [0.2, 0.25) is 0 Å².